The molecular formula is C16H22ClN3O2. The minimum atomic E-state index is -0.114. The summed E-state index contributed by atoms with van der Waals surface area (Å²) in [6.07, 6.45) is 4.52. The first-order valence-corrected chi connectivity index (χ1v) is 7.60. The van der Waals surface area contributed by atoms with Gasteiger partial charge in [0.25, 0.3) is 5.91 Å². The van der Waals surface area contributed by atoms with E-state index in [4.69, 9.17) is 5.73 Å². The molecular weight excluding hydrogens is 302 g/mol. The van der Waals surface area contributed by atoms with Crippen LogP contribution in [0.25, 0.3) is 0 Å². The van der Waals surface area contributed by atoms with E-state index in [-0.39, 0.29) is 36.2 Å². The molecule has 0 radical (unpaired) electrons. The highest BCUT2D eigenvalue weighted by molar-refractivity contribution is 6.04. The van der Waals surface area contributed by atoms with Crippen LogP contribution >= 0.6 is 12.4 Å². The monoisotopic (exact) mass is 323 g/mol. The second-order valence-corrected chi connectivity index (χ2v) is 6.05. The Bertz CT molecular complexity index is 560. The summed E-state index contributed by atoms with van der Waals surface area (Å²) >= 11 is 0. The van der Waals surface area contributed by atoms with Crippen LogP contribution in [0, 0.1) is 5.92 Å². The number of para-hydroxylation sites is 1. The van der Waals surface area contributed by atoms with Crippen molar-refractivity contribution in [2.45, 2.75) is 44.2 Å². The van der Waals surface area contributed by atoms with Gasteiger partial charge in [0.15, 0.2) is 0 Å². The predicted molar refractivity (Wildman–Crippen MR) is 88.1 cm³/mol. The van der Waals surface area contributed by atoms with Gasteiger partial charge >= 0.3 is 0 Å². The number of benzene rings is 1. The average Bonchev–Trinajstić information content (AvgIpc) is 3.17. The summed E-state index contributed by atoms with van der Waals surface area (Å²) in [7, 11) is 0. The quantitative estimate of drug-likeness (QED) is 0.793. The summed E-state index contributed by atoms with van der Waals surface area (Å²) in [6, 6.07) is 7.57. The largest absolute Gasteiger partial charge is 0.349 e. The standard InChI is InChI=1S/C16H21N3O2.ClH/c17-11-6-5-10(9-11)15(20)19-14-4-2-1-3-13(14)16(21)18-12-7-8-12;/h1-4,10-12H,5-9,17H2,(H,18,21)(H,19,20);1H. The van der Waals surface area contributed by atoms with E-state index in [0.29, 0.717) is 17.3 Å². The van der Waals surface area contributed by atoms with Crippen molar-refractivity contribution in [3.8, 4) is 0 Å². The number of halogens is 1. The Morgan fingerprint density at radius 2 is 1.82 bits per heavy atom. The third-order valence-electron chi connectivity index (χ3n) is 4.19. The maximum atomic E-state index is 12.3. The Labute approximate surface area is 136 Å². The van der Waals surface area contributed by atoms with Gasteiger partial charge in [-0.1, -0.05) is 12.1 Å². The molecule has 2 atom stereocenters. The Morgan fingerprint density at radius 3 is 2.45 bits per heavy atom. The Hall–Kier alpha value is -1.59. The van der Waals surface area contributed by atoms with Crippen molar-refractivity contribution < 1.29 is 9.59 Å². The minimum Gasteiger partial charge on any atom is -0.349 e. The van der Waals surface area contributed by atoms with Gasteiger partial charge in [-0.2, -0.15) is 0 Å². The molecule has 0 saturated heterocycles. The number of carbonyl (C=O) groups is 2. The van der Waals surface area contributed by atoms with Gasteiger partial charge in [0.1, 0.15) is 0 Å². The first kappa shape index (κ1) is 16.8. The zero-order valence-corrected chi connectivity index (χ0v) is 13.2. The fourth-order valence-electron chi connectivity index (χ4n) is 2.77. The van der Waals surface area contributed by atoms with Crippen molar-refractivity contribution in [3.63, 3.8) is 0 Å². The van der Waals surface area contributed by atoms with Gasteiger partial charge in [-0.05, 0) is 44.2 Å². The van der Waals surface area contributed by atoms with E-state index in [1.54, 1.807) is 12.1 Å². The van der Waals surface area contributed by atoms with Gasteiger partial charge in [0.2, 0.25) is 5.91 Å². The van der Waals surface area contributed by atoms with Crippen LogP contribution in [0.5, 0.6) is 0 Å². The maximum absolute atomic E-state index is 12.3. The number of carbonyl (C=O) groups excluding carboxylic acids is 2. The molecule has 2 aliphatic carbocycles. The van der Waals surface area contributed by atoms with Crippen molar-refractivity contribution >= 4 is 29.9 Å². The SMILES string of the molecule is Cl.NC1CCC(C(=O)Nc2ccccc2C(=O)NC2CC2)C1. The molecule has 3 rings (SSSR count). The molecule has 0 bridgehead atoms. The predicted octanol–water partition coefficient (Wildman–Crippen LogP) is 2.07. The van der Waals surface area contributed by atoms with Crippen LogP contribution in [0.3, 0.4) is 0 Å². The van der Waals surface area contributed by atoms with Crippen molar-refractivity contribution in [1.82, 2.24) is 5.32 Å². The van der Waals surface area contributed by atoms with Crippen LogP contribution in [0.2, 0.25) is 0 Å². The summed E-state index contributed by atoms with van der Waals surface area (Å²) in [5.41, 5.74) is 6.96. The first-order valence-electron chi connectivity index (χ1n) is 7.60. The second kappa shape index (κ2) is 7.11. The molecule has 22 heavy (non-hydrogen) atoms. The summed E-state index contributed by atoms with van der Waals surface area (Å²) in [5.74, 6) is -0.189. The van der Waals surface area contributed by atoms with E-state index in [1.807, 2.05) is 12.1 Å². The third-order valence-corrected chi connectivity index (χ3v) is 4.19. The zero-order chi connectivity index (χ0) is 14.8. The molecule has 0 heterocycles. The first-order chi connectivity index (χ1) is 10.1. The van der Waals surface area contributed by atoms with Gasteiger partial charge in [-0.3, -0.25) is 9.59 Å². The highest BCUT2D eigenvalue weighted by Crippen LogP contribution is 2.26. The molecule has 0 aliphatic heterocycles. The number of amides is 2. The van der Waals surface area contributed by atoms with E-state index in [2.05, 4.69) is 10.6 Å². The van der Waals surface area contributed by atoms with Gasteiger partial charge in [-0.25, -0.2) is 0 Å². The lowest BCUT2D eigenvalue weighted by Crippen LogP contribution is -2.28. The van der Waals surface area contributed by atoms with Crippen LogP contribution < -0.4 is 16.4 Å². The minimum absolute atomic E-state index is 0. The fourth-order valence-corrected chi connectivity index (χ4v) is 2.77. The third kappa shape index (κ3) is 3.99. The lowest BCUT2D eigenvalue weighted by molar-refractivity contribution is -0.119. The van der Waals surface area contributed by atoms with Gasteiger partial charge in [0, 0.05) is 18.0 Å². The lowest BCUT2D eigenvalue weighted by Gasteiger charge is -2.14. The van der Waals surface area contributed by atoms with Crippen LogP contribution in [-0.4, -0.2) is 23.9 Å². The molecule has 1 aromatic rings. The Kier molecular flexibility index (Phi) is 5.42. The van der Waals surface area contributed by atoms with Crippen molar-refractivity contribution in [2.24, 2.45) is 11.7 Å². The maximum Gasteiger partial charge on any atom is 0.253 e. The number of anilines is 1. The summed E-state index contributed by atoms with van der Waals surface area (Å²) in [6.45, 7) is 0. The highest BCUT2D eigenvalue weighted by Gasteiger charge is 2.29. The van der Waals surface area contributed by atoms with Crippen LogP contribution in [-0.2, 0) is 4.79 Å². The van der Waals surface area contributed by atoms with Gasteiger partial charge in [-0.15, -0.1) is 12.4 Å². The van der Waals surface area contributed by atoms with E-state index < -0.39 is 0 Å². The summed E-state index contributed by atoms with van der Waals surface area (Å²) in [4.78, 5) is 24.5. The molecule has 1 aromatic carbocycles. The molecule has 2 saturated carbocycles. The number of hydrogen-bond donors (Lipinski definition) is 3. The second-order valence-electron chi connectivity index (χ2n) is 6.05. The molecule has 0 aromatic heterocycles. The fraction of sp³-hybridized carbons (Fsp3) is 0.500. The van der Waals surface area contributed by atoms with Crippen LogP contribution in [0.15, 0.2) is 24.3 Å². The molecule has 120 valence electrons. The lowest BCUT2D eigenvalue weighted by atomic mass is 10.1. The smallest absolute Gasteiger partial charge is 0.253 e. The van der Waals surface area contributed by atoms with Crippen LogP contribution in [0.1, 0.15) is 42.5 Å². The van der Waals surface area contributed by atoms with E-state index >= 15 is 0 Å². The number of hydrogen-bond acceptors (Lipinski definition) is 3. The van der Waals surface area contributed by atoms with E-state index in [1.165, 1.54) is 0 Å². The average molecular weight is 324 g/mol. The van der Waals surface area contributed by atoms with Crippen molar-refractivity contribution in [3.05, 3.63) is 29.8 Å². The summed E-state index contributed by atoms with van der Waals surface area (Å²) in [5, 5.41) is 5.84. The zero-order valence-electron chi connectivity index (χ0n) is 12.4. The molecule has 2 unspecified atom stereocenters. The van der Waals surface area contributed by atoms with Crippen LogP contribution in [0.4, 0.5) is 5.69 Å². The van der Waals surface area contributed by atoms with Crippen molar-refractivity contribution in [2.75, 3.05) is 5.32 Å². The Morgan fingerprint density at radius 1 is 1.09 bits per heavy atom. The normalized spacial score (nSPS) is 23.5. The molecule has 0 spiro atoms. The Balaban J connectivity index is 0.00000176. The highest BCUT2D eigenvalue weighted by atomic mass is 35.5. The molecule has 4 N–H and O–H groups in total. The number of nitrogens with one attached hydrogen (secondary N) is 2. The molecule has 2 fully saturated rings. The molecule has 6 heteroatoms. The number of nitrogens with two attached hydrogens (primary N) is 1. The van der Waals surface area contributed by atoms with Crippen molar-refractivity contribution in [1.29, 1.82) is 0 Å². The number of rotatable bonds is 4. The molecule has 5 nitrogen and oxygen atoms in total. The van der Waals surface area contributed by atoms with E-state index in [9.17, 15) is 9.59 Å². The summed E-state index contributed by atoms with van der Waals surface area (Å²) < 4.78 is 0. The van der Waals surface area contributed by atoms with Gasteiger partial charge in [0.05, 0.1) is 11.3 Å². The molecule has 2 amide bonds. The molecule has 2 aliphatic rings. The van der Waals surface area contributed by atoms with Gasteiger partial charge < -0.3 is 16.4 Å². The van der Waals surface area contributed by atoms with E-state index in [0.717, 1.165) is 32.1 Å². The topological polar surface area (TPSA) is 84.2 Å².